The van der Waals surface area contributed by atoms with Crippen LogP contribution in [0.5, 0.6) is 0 Å². The molecule has 130 valence electrons. The van der Waals surface area contributed by atoms with E-state index in [2.05, 4.69) is 5.32 Å². The third-order valence-corrected chi connectivity index (χ3v) is 4.47. The lowest BCUT2D eigenvalue weighted by Gasteiger charge is -2.23. The number of nitrogens with zero attached hydrogens (tertiary/aromatic N) is 1. The Balaban J connectivity index is 1.92. The predicted octanol–water partition coefficient (Wildman–Crippen LogP) is 4.06. The van der Waals surface area contributed by atoms with Gasteiger partial charge in [0.15, 0.2) is 0 Å². The van der Waals surface area contributed by atoms with E-state index in [0.717, 1.165) is 12.1 Å². The molecule has 1 aromatic heterocycles. The van der Waals surface area contributed by atoms with Crippen molar-refractivity contribution >= 4 is 10.9 Å². The van der Waals surface area contributed by atoms with Crippen molar-refractivity contribution in [1.82, 2.24) is 9.88 Å². The first-order valence-corrected chi connectivity index (χ1v) is 7.76. The van der Waals surface area contributed by atoms with Crippen molar-refractivity contribution in [2.24, 2.45) is 0 Å². The summed E-state index contributed by atoms with van der Waals surface area (Å²) >= 11 is 0. The number of nitrogens with one attached hydrogen (secondary N) is 1. The Labute approximate surface area is 140 Å². The fourth-order valence-electron chi connectivity index (χ4n) is 3.34. The van der Waals surface area contributed by atoms with Crippen LogP contribution in [0.1, 0.15) is 17.5 Å². The third-order valence-electron chi connectivity index (χ3n) is 4.47. The fraction of sp³-hybridized carbons (Fsp3) is 0.222. The second-order valence-corrected chi connectivity index (χ2v) is 6.04. The predicted molar refractivity (Wildman–Crippen MR) is 85.3 cm³/mol. The Kier molecular flexibility index (Phi) is 3.59. The minimum Gasteiger partial charge on any atom is -0.373 e. The summed E-state index contributed by atoms with van der Waals surface area (Å²) in [6.07, 6.45) is -5.27. The van der Waals surface area contributed by atoms with Crippen molar-refractivity contribution < 1.29 is 22.7 Å². The van der Waals surface area contributed by atoms with E-state index >= 15 is 0 Å². The van der Waals surface area contributed by atoms with Gasteiger partial charge in [0.25, 0.3) is 0 Å². The van der Waals surface area contributed by atoms with Crippen LogP contribution in [0, 0.1) is 5.82 Å². The number of benzene rings is 2. The average Bonchev–Trinajstić information content (AvgIpc) is 2.93. The van der Waals surface area contributed by atoms with Crippen LogP contribution < -0.4 is 5.32 Å². The number of aliphatic hydroxyl groups is 1. The zero-order chi connectivity index (χ0) is 17.8. The van der Waals surface area contributed by atoms with Gasteiger partial charge in [-0.3, -0.25) is 5.32 Å². The molecule has 2 N–H and O–H groups in total. The lowest BCUT2D eigenvalue weighted by atomic mass is 10.0. The van der Waals surface area contributed by atoms with E-state index in [-0.39, 0.29) is 0 Å². The summed E-state index contributed by atoms with van der Waals surface area (Å²) < 4.78 is 54.2. The highest BCUT2D eigenvalue weighted by Crippen LogP contribution is 2.36. The molecule has 1 aliphatic heterocycles. The van der Waals surface area contributed by atoms with E-state index in [1.807, 2.05) is 4.57 Å². The first-order valence-electron chi connectivity index (χ1n) is 7.76. The fourth-order valence-corrected chi connectivity index (χ4v) is 3.34. The monoisotopic (exact) mass is 350 g/mol. The molecule has 0 bridgehead atoms. The molecular weight excluding hydrogens is 336 g/mol. The second kappa shape index (κ2) is 5.57. The SMILES string of the molecule is OC1NCCn2c1cc1cc(F)cc(-c3ccc(C(F)(F)F)cc3)c12. The summed E-state index contributed by atoms with van der Waals surface area (Å²) in [5.41, 5.74) is 1.56. The molecule has 1 unspecified atom stereocenters. The zero-order valence-corrected chi connectivity index (χ0v) is 12.9. The minimum absolute atomic E-state index is 0.479. The lowest BCUT2D eigenvalue weighted by Crippen LogP contribution is -2.32. The largest absolute Gasteiger partial charge is 0.416 e. The number of hydrogen-bond acceptors (Lipinski definition) is 2. The lowest BCUT2D eigenvalue weighted by molar-refractivity contribution is -0.137. The second-order valence-electron chi connectivity index (χ2n) is 6.04. The highest BCUT2D eigenvalue weighted by atomic mass is 19.4. The van der Waals surface area contributed by atoms with Gasteiger partial charge in [-0.05, 0) is 35.9 Å². The van der Waals surface area contributed by atoms with Gasteiger partial charge in [-0.1, -0.05) is 12.1 Å². The van der Waals surface area contributed by atoms with Crippen molar-refractivity contribution in [1.29, 1.82) is 0 Å². The molecule has 1 atom stereocenters. The maximum Gasteiger partial charge on any atom is 0.416 e. The number of aliphatic hydroxyl groups excluding tert-OH is 1. The normalized spacial score (nSPS) is 17.7. The molecule has 0 fully saturated rings. The molecule has 0 saturated carbocycles. The van der Waals surface area contributed by atoms with Gasteiger partial charge in [-0.15, -0.1) is 0 Å². The number of rotatable bonds is 1. The summed E-state index contributed by atoms with van der Waals surface area (Å²) in [4.78, 5) is 0. The molecule has 0 spiro atoms. The van der Waals surface area contributed by atoms with Crippen LogP contribution in [-0.2, 0) is 12.7 Å². The molecule has 4 rings (SSSR count). The van der Waals surface area contributed by atoms with Gasteiger partial charge in [0.1, 0.15) is 12.0 Å². The van der Waals surface area contributed by atoms with E-state index < -0.39 is 23.8 Å². The van der Waals surface area contributed by atoms with E-state index in [0.29, 0.717) is 40.8 Å². The van der Waals surface area contributed by atoms with E-state index in [9.17, 15) is 22.7 Å². The van der Waals surface area contributed by atoms with Crippen LogP contribution in [0.2, 0.25) is 0 Å². The van der Waals surface area contributed by atoms with Gasteiger partial charge >= 0.3 is 6.18 Å². The number of alkyl halides is 3. The summed E-state index contributed by atoms with van der Waals surface area (Å²) in [6, 6.07) is 9.03. The first kappa shape index (κ1) is 16.1. The van der Waals surface area contributed by atoms with Crippen LogP contribution in [0.15, 0.2) is 42.5 Å². The topological polar surface area (TPSA) is 37.2 Å². The summed E-state index contributed by atoms with van der Waals surface area (Å²) in [6.45, 7) is 1.12. The zero-order valence-electron chi connectivity index (χ0n) is 12.9. The Bertz CT molecular complexity index is 944. The molecule has 0 radical (unpaired) electrons. The Hall–Kier alpha value is -2.38. The van der Waals surface area contributed by atoms with Crippen LogP contribution in [0.3, 0.4) is 0 Å². The molecule has 25 heavy (non-hydrogen) atoms. The molecular formula is C18H14F4N2O. The smallest absolute Gasteiger partial charge is 0.373 e. The highest BCUT2D eigenvalue weighted by Gasteiger charge is 2.30. The van der Waals surface area contributed by atoms with E-state index in [1.165, 1.54) is 24.3 Å². The first-order chi connectivity index (χ1) is 11.8. The van der Waals surface area contributed by atoms with Crippen molar-refractivity contribution in [3.8, 4) is 11.1 Å². The number of aromatic nitrogens is 1. The number of hydrogen-bond donors (Lipinski definition) is 2. The van der Waals surface area contributed by atoms with Crippen LogP contribution >= 0.6 is 0 Å². The molecule has 0 amide bonds. The number of fused-ring (bicyclic) bond motifs is 3. The summed E-state index contributed by atoms with van der Waals surface area (Å²) in [7, 11) is 0. The van der Waals surface area contributed by atoms with E-state index in [1.54, 1.807) is 6.07 Å². The molecule has 2 aromatic carbocycles. The Morgan fingerprint density at radius 1 is 1.08 bits per heavy atom. The minimum atomic E-state index is -4.42. The Morgan fingerprint density at radius 2 is 1.80 bits per heavy atom. The van der Waals surface area contributed by atoms with Gasteiger partial charge < -0.3 is 9.67 Å². The third kappa shape index (κ3) is 2.69. The quantitative estimate of drug-likeness (QED) is 0.650. The van der Waals surface area contributed by atoms with Crippen molar-refractivity contribution in [2.75, 3.05) is 6.54 Å². The van der Waals surface area contributed by atoms with Gasteiger partial charge in [0.2, 0.25) is 0 Å². The molecule has 3 aromatic rings. The molecule has 2 heterocycles. The maximum absolute atomic E-state index is 14.0. The Morgan fingerprint density at radius 3 is 2.48 bits per heavy atom. The standard InChI is InChI=1S/C18H14F4N2O/c19-13-7-11-8-15-17(25)23-5-6-24(15)16(11)14(9-13)10-1-3-12(4-2-10)18(20,21)22/h1-4,7-9,17,23,25H,5-6H2. The molecule has 3 nitrogen and oxygen atoms in total. The summed E-state index contributed by atoms with van der Waals surface area (Å²) in [5, 5.41) is 13.6. The van der Waals surface area contributed by atoms with Crippen LogP contribution in [0.4, 0.5) is 17.6 Å². The van der Waals surface area contributed by atoms with Gasteiger partial charge in [-0.2, -0.15) is 13.2 Å². The van der Waals surface area contributed by atoms with Gasteiger partial charge in [0.05, 0.1) is 16.8 Å². The molecule has 0 saturated heterocycles. The maximum atomic E-state index is 14.0. The molecule has 1 aliphatic rings. The number of halogens is 4. The average molecular weight is 350 g/mol. The molecule has 0 aliphatic carbocycles. The molecule has 7 heteroatoms. The van der Waals surface area contributed by atoms with Crippen molar-refractivity contribution in [3.05, 3.63) is 59.5 Å². The summed E-state index contributed by atoms with van der Waals surface area (Å²) in [5.74, 6) is -0.479. The van der Waals surface area contributed by atoms with Gasteiger partial charge in [-0.25, -0.2) is 4.39 Å². The van der Waals surface area contributed by atoms with Gasteiger partial charge in [0, 0.05) is 24.0 Å². The van der Waals surface area contributed by atoms with Crippen molar-refractivity contribution in [3.63, 3.8) is 0 Å². The highest BCUT2D eigenvalue weighted by molar-refractivity contribution is 5.95. The van der Waals surface area contributed by atoms with E-state index in [4.69, 9.17) is 0 Å². The van der Waals surface area contributed by atoms with Crippen LogP contribution in [-0.4, -0.2) is 16.2 Å². The van der Waals surface area contributed by atoms with Crippen LogP contribution in [0.25, 0.3) is 22.0 Å². The van der Waals surface area contributed by atoms with Crippen molar-refractivity contribution in [2.45, 2.75) is 18.9 Å².